The van der Waals surface area contributed by atoms with E-state index in [4.69, 9.17) is 9.15 Å². The summed E-state index contributed by atoms with van der Waals surface area (Å²) in [5.41, 5.74) is 0. The molecule has 0 aliphatic carbocycles. The van der Waals surface area contributed by atoms with Crippen molar-refractivity contribution in [3.8, 4) is 0 Å². The molecule has 0 radical (unpaired) electrons. The highest BCUT2D eigenvalue weighted by Crippen LogP contribution is 2.33. The quantitative estimate of drug-likeness (QED) is 0.848. The second-order valence-corrected chi connectivity index (χ2v) is 6.01. The molecule has 0 N–H and O–H groups in total. The van der Waals surface area contributed by atoms with Gasteiger partial charge in [0.25, 0.3) is 0 Å². The van der Waals surface area contributed by atoms with Gasteiger partial charge < -0.3 is 14.1 Å². The van der Waals surface area contributed by atoms with Crippen LogP contribution >= 0.6 is 0 Å². The summed E-state index contributed by atoms with van der Waals surface area (Å²) >= 11 is 0. The Balaban J connectivity index is 1.72. The second-order valence-electron chi connectivity index (χ2n) is 6.01. The predicted octanol–water partition coefficient (Wildman–Crippen LogP) is 1.74. The van der Waals surface area contributed by atoms with Gasteiger partial charge in [0.05, 0.1) is 25.0 Å². The average molecular weight is 292 g/mol. The third kappa shape index (κ3) is 2.85. The highest BCUT2D eigenvalue weighted by Gasteiger charge is 2.45. The van der Waals surface area contributed by atoms with Crippen LogP contribution in [0.15, 0.2) is 22.8 Å². The third-order valence-corrected chi connectivity index (χ3v) is 4.83. The van der Waals surface area contributed by atoms with E-state index in [-0.39, 0.29) is 18.1 Å². The van der Waals surface area contributed by atoms with Crippen LogP contribution in [0, 0.1) is 5.92 Å². The SMILES string of the molecule is CCC(=O)N1CC[C@@H](OC)[C@@H]2CN(Cc3ccco3)C[C@@H]21. The highest BCUT2D eigenvalue weighted by molar-refractivity contribution is 5.76. The Morgan fingerprint density at radius 2 is 2.33 bits per heavy atom. The van der Waals surface area contributed by atoms with Gasteiger partial charge in [-0.2, -0.15) is 0 Å². The molecule has 3 heterocycles. The number of carbonyl (C=O) groups excluding carboxylic acids is 1. The maximum absolute atomic E-state index is 12.2. The van der Waals surface area contributed by atoms with E-state index in [2.05, 4.69) is 9.80 Å². The molecule has 5 heteroatoms. The highest BCUT2D eigenvalue weighted by atomic mass is 16.5. The Kier molecular flexibility index (Phi) is 4.31. The van der Waals surface area contributed by atoms with E-state index in [1.165, 1.54) is 0 Å². The lowest BCUT2D eigenvalue weighted by Gasteiger charge is -2.41. The average Bonchev–Trinajstić information content (AvgIpc) is 3.14. The number of rotatable bonds is 4. The van der Waals surface area contributed by atoms with Crippen LogP contribution in [0.2, 0.25) is 0 Å². The lowest BCUT2D eigenvalue weighted by Crippen LogP contribution is -2.53. The summed E-state index contributed by atoms with van der Waals surface area (Å²) in [5, 5.41) is 0. The number of carbonyl (C=O) groups is 1. The molecule has 0 unspecified atom stereocenters. The summed E-state index contributed by atoms with van der Waals surface area (Å²) in [6.07, 6.45) is 3.50. The van der Waals surface area contributed by atoms with Crippen molar-refractivity contribution in [1.29, 1.82) is 0 Å². The normalized spacial score (nSPS) is 29.6. The zero-order valence-electron chi connectivity index (χ0n) is 12.8. The van der Waals surface area contributed by atoms with Crippen molar-refractivity contribution in [2.75, 3.05) is 26.7 Å². The lowest BCUT2D eigenvalue weighted by atomic mass is 9.89. The zero-order chi connectivity index (χ0) is 14.8. The van der Waals surface area contributed by atoms with Crippen LogP contribution in [0.4, 0.5) is 0 Å². The number of fused-ring (bicyclic) bond motifs is 1. The van der Waals surface area contributed by atoms with Crippen molar-refractivity contribution in [2.45, 2.75) is 38.5 Å². The fourth-order valence-corrected chi connectivity index (χ4v) is 3.79. The molecule has 3 rings (SSSR count). The zero-order valence-corrected chi connectivity index (χ0v) is 12.8. The van der Waals surface area contributed by atoms with Gasteiger partial charge in [-0.15, -0.1) is 0 Å². The van der Waals surface area contributed by atoms with E-state index in [0.29, 0.717) is 12.3 Å². The second kappa shape index (κ2) is 6.20. The molecule has 0 saturated carbocycles. The maximum Gasteiger partial charge on any atom is 0.222 e. The topological polar surface area (TPSA) is 45.9 Å². The number of amides is 1. The minimum Gasteiger partial charge on any atom is -0.468 e. The fourth-order valence-electron chi connectivity index (χ4n) is 3.79. The molecule has 1 amide bonds. The van der Waals surface area contributed by atoms with Crippen LogP contribution < -0.4 is 0 Å². The van der Waals surface area contributed by atoms with E-state index in [0.717, 1.165) is 38.4 Å². The number of furan rings is 1. The predicted molar refractivity (Wildman–Crippen MR) is 78.7 cm³/mol. The number of hydrogen-bond acceptors (Lipinski definition) is 4. The Bertz CT molecular complexity index is 474. The first kappa shape index (κ1) is 14.6. The standard InChI is InChI=1S/C16H24N2O3/c1-3-16(19)18-7-6-15(20-2)13-10-17(11-14(13)18)9-12-5-4-8-21-12/h4-5,8,13-15H,3,6-7,9-11H2,1-2H3/t13-,14+,15-/m1/s1. The van der Waals surface area contributed by atoms with Crippen molar-refractivity contribution in [3.63, 3.8) is 0 Å². The summed E-state index contributed by atoms with van der Waals surface area (Å²) in [6.45, 7) is 5.45. The molecule has 2 saturated heterocycles. The molecule has 2 fully saturated rings. The van der Waals surface area contributed by atoms with Crippen molar-refractivity contribution in [2.24, 2.45) is 5.92 Å². The van der Waals surface area contributed by atoms with Crippen LogP contribution in [0.25, 0.3) is 0 Å². The van der Waals surface area contributed by atoms with Crippen LogP contribution in [-0.2, 0) is 16.1 Å². The van der Waals surface area contributed by atoms with Gasteiger partial charge in [0.2, 0.25) is 5.91 Å². The maximum atomic E-state index is 12.2. The van der Waals surface area contributed by atoms with Crippen LogP contribution in [0.1, 0.15) is 25.5 Å². The Morgan fingerprint density at radius 1 is 1.48 bits per heavy atom. The van der Waals surface area contributed by atoms with E-state index in [1.807, 2.05) is 19.1 Å². The van der Waals surface area contributed by atoms with E-state index >= 15 is 0 Å². The van der Waals surface area contributed by atoms with E-state index < -0.39 is 0 Å². The molecule has 0 bridgehead atoms. The van der Waals surface area contributed by atoms with Gasteiger partial charge in [-0.1, -0.05) is 6.92 Å². The summed E-state index contributed by atoms with van der Waals surface area (Å²) < 4.78 is 11.1. The van der Waals surface area contributed by atoms with Gasteiger partial charge in [-0.05, 0) is 18.6 Å². The van der Waals surface area contributed by atoms with Gasteiger partial charge in [0.1, 0.15) is 5.76 Å². The molecular weight excluding hydrogens is 268 g/mol. The summed E-state index contributed by atoms with van der Waals surface area (Å²) in [5.74, 6) is 1.66. The number of ether oxygens (including phenoxy) is 1. The number of nitrogens with zero attached hydrogens (tertiary/aromatic N) is 2. The lowest BCUT2D eigenvalue weighted by molar-refractivity contribution is -0.138. The molecular formula is C16H24N2O3. The molecule has 2 aliphatic heterocycles. The van der Waals surface area contributed by atoms with Crippen LogP contribution in [-0.4, -0.2) is 54.6 Å². The Labute approximate surface area is 125 Å². The van der Waals surface area contributed by atoms with E-state index in [1.54, 1.807) is 13.4 Å². The summed E-state index contributed by atoms with van der Waals surface area (Å²) in [6, 6.07) is 4.21. The fraction of sp³-hybridized carbons (Fsp3) is 0.688. The number of methoxy groups -OCH3 is 1. The van der Waals surface area contributed by atoms with Gasteiger partial charge in [-0.25, -0.2) is 0 Å². The summed E-state index contributed by atoms with van der Waals surface area (Å²) in [7, 11) is 1.79. The van der Waals surface area contributed by atoms with Crippen molar-refractivity contribution < 1.29 is 13.9 Å². The first-order chi connectivity index (χ1) is 10.2. The molecule has 5 nitrogen and oxygen atoms in total. The molecule has 3 atom stereocenters. The monoisotopic (exact) mass is 292 g/mol. The smallest absolute Gasteiger partial charge is 0.222 e. The molecule has 116 valence electrons. The minimum atomic E-state index is 0.262. The molecule has 2 aliphatic rings. The van der Waals surface area contributed by atoms with Crippen molar-refractivity contribution >= 4 is 5.91 Å². The first-order valence-corrected chi connectivity index (χ1v) is 7.80. The molecule has 0 spiro atoms. The van der Waals surface area contributed by atoms with Gasteiger partial charge in [0, 0.05) is 39.1 Å². The minimum absolute atomic E-state index is 0.262. The van der Waals surface area contributed by atoms with E-state index in [9.17, 15) is 4.79 Å². The van der Waals surface area contributed by atoms with Gasteiger partial charge >= 0.3 is 0 Å². The molecule has 1 aromatic rings. The molecule has 21 heavy (non-hydrogen) atoms. The van der Waals surface area contributed by atoms with Gasteiger partial charge in [0.15, 0.2) is 0 Å². The number of piperidine rings is 1. The molecule has 1 aromatic heterocycles. The van der Waals surface area contributed by atoms with Crippen molar-refractivity contribution in [1.82, 2.24) is 9.80 Å². The summed E-state index contributed by atoms with van der Waals surface area (Å²) in [4.78, 5) is 16.6. The van der Waals surface area contributed by atoms with Gasteiger partial charge in [-0.3, -0.25) is 9.69 Å². The molecule has 0 aromatic carbocycles. The Hall–Kier alpha value is -1.33. The third-order valence-electron chi connectivity index (χ3n) is 4.83. The largest absolute Gasteiger partial charge is 0.468 e. The number of hydrogen-bond donors (Lipinski definition) is 0. The van der Waals surface area contributed by atoms with Crippen LogP contribution in [0.5, 0.6) is 0 Å². The first-order valence-electron chi connectivity index (χ1n) is 7.80. The van der Waals surface area contributed by atoms with Crippen molar-refractivity contribution in [3.05, 3.63) is 24.2 Å². The van der Waals surface area contributed by atoms with Crippen LogP contribution in [0.3, 0.4) is 0 Å². The Morgan fingerprint density at radius 3 is 3.00 bits per heavy atom. The number of likely N-dealkylation sites (tertiary alicyclic amines) is 2.